The minimum atomic E-state index is 0.198. The molecule has 1 aromatic heterocycles. The highest BCUT2D eigenvalue weighted by molar-refractivity contribution is 5.37. The van der Waals surface area contributed by atoms with Crippen LogP contribution in [-0.4, -0.2) is 30.4 Å². The van der Waals surface area contributed by atoms with Gasteiger partial charge in [0.25, 0.3) is 0 Å². The Morgan fingerprint density at radius 2 is 2.38 bits per heavy atom. The van der Waals surface area contributed by atoms with Crippen LogP contribution in [0.1, 0.15) is 6.42 Å². The number of hydrogen-bond donors (Lipinski definition) is 2. The lowest BCUT2D eigenvalue weighted by Crippen LogP contribution is -2.04. The normalized spacial score (nSPS) is 9.69. The van der Waals surface area contributed by atoms with Gasteiger partial charge in [0.2, 0.25) is 0 Å². The maximum atomic E-state index is 8.55. The standard InChI is InChI=1S/C9H14N2O2/c1-13-8-3-4-9(11-7-8)10-5-2-6-12/h3-4,7,12H,2,5-6H2,1H3,(H,10,11). The quantitative estimate of drug-likeness (QED) is 0.664. The van der Waals surface area contributed by atoms with Crippen molar-refractivity contribution in [3.63, 3.8) is 0 Å². The zero-order valence-corrected chi connectivity index (χ0v) is 7.66. The van der Waals surface area contributed by atoms with Crippen LogP contribution in [0, 0.1) is 0 Å². The smallest absolute Gasteiger partial charge is 0.137 e. The van der Waals surface area contributed by atoms with Gasteiger partial charge in [0.1, 0.15) is 11.6 Å². The Balaban J connectivity index is 2.40. The van der Waals surface area contributed by atoms with Gasteiger partial charge in [-0.05, 0) is 18.6 Å². The number of aliphatic hydroxyl groups excluding tert-OH is 1. The molecule has 0 aliphatic carbocycles. The number of aliphatic hydroxyl groups is 1. The van der Waals surface area contributed by atoms with Crippen molar-refractivity contribution in [1.29, 1.82) is 0 Å². The molecular weight excluding hydrogens is 168 g/mol. The van der Waals surface area contributed by atoms with Gasteiger partial charge in [0.15, 0.2) is 0 Å². The van der Waals surface area contributed by atoms with Crippen LogP contribution in [0.25, 0.3) is 0 Å². The number of ether oxygens (including phenoxy) is 1. The molecule has 1 aromatic rings. The predicted octanol–water partition coefficient (Wildman–Crippen LogP) is 0.884. The molecule has 0 radical (unpaired) electrons. The van der Waals surface area contributed by atoms with E-state index >= 15 is 0 Å². The molecule has 4 heteroatoms. The topological polar surface area (TPSA) is 54.4 Å². The molecule has 1 heterocycles. The fraction of sp³-hybridized carbons (Fsp3) is 0.444. The fourth-order valence-electron chi connectivity index (χ4n) is 0.901. The Hall–Kier alpha value is -1.29. The third-order valence-electron chi connectivity index (χ3n) is 1.61. The predicted molar refractivity (Wildman–Crippen MR) is 51.0 cm³/mol. The van der Waals surface area contributed by atoms with E-state index in [1.165, 1.54) is 0 Å². The van der Waals surface area contributed by atoms with Crippen molar-refractivity contribution in [2.75, 3.05) is 25.6 Å². The summed E-state index contributed by atoms with van der Waals surface area (Å²) >= 11 is 0. The van der Waals surface area contributed by atoms with Crippen LogP contribution in [0.2, 0.25) is 0 Å². The molecule has 0 spiro atoms. The number of pyridine rings is 1. The number of rotatable bonds is 5. The molecule has 0 amide bonds. The number of methoxy groups -OCH3 is 1. The average molecular weight is 182 g/mol. The number of hydrogen-bond acceptors (Lipinski definition) is 4. The van der Waals surface area contributed by atoms with E-state index in [4.69, 9.17) is 9.84 Å². The van der Waals surface area contributed by atoms with E-state index in [1.807, 2.05) is 12.1 Å². The highest BCUT2D eigenvalue weighted by Crippen LogP contribution is 2.10. The molecule has 2 N–H and O–H groups in total. The Kier molecular flexibility index (Phi) is 4.05. The van der Waals surface area contributed by atoms with E-state index < -0.39 is 0 Å². The molecule has 0 fully saturated rings. The number of nitrogens with zero attached hydrogens (tertiary/aromatic N) is 1. The summed E-state index contributed by atoms with van der Waals surface area (Å²) in [5.41, 5.74) is 0. The molecule has 0 aliphatic heterocycles. The van der Waals surface area contributed by atoms with Crippen LogP contribution >= 0.6 is 0 Å². The van der Waals surface area contributed by atoms with Crippen molar-refractivity contribution in [1.82, 2.24) is 4.98 Å². The highest BCUT2D eigenvalue weighted by atomic mass is 16.5. The Labute approximate surface area is 77.6 Å². The van der Waals surface area contributed by atoms with Gasteiger partial charge in [-0.2, -0.15) is 0 Å². The summed E-state index contributed by atoms with van der Waals surface area (Å²) in [7, 11) is 1.61. The lowest BCUT2D eigenvalue weighted by Gasteiger charge is -2.04. The van der Waals surface area contributed by atoms with Crippen LogP contribution in [0.4, 0.5) is 5.82 Å². The second kappa shape index (κ2) is 5.37. The minimum Gasteiger partial charge on any atom is -0.495 e. The van der Waals surface area contributed by atoms with Crippen molar-refractivity contribution in [3.05, 3.63) is 18.3 Å². The fourth-order valence-corrected chi connectivity index (χ4v) is 0.901. The maximum Gasteiger partial charge on any atom is 0.137 e. The zero-order chi connectivity index (χ0) is 9.52. The van der Waals surface area contributed by atoms with Crippen molar-refractivity contribution in [3.8, 4) is 5.75 Å². The van der Waals surface area contributed by atoms with E-state index in [0.717, 1.165) is 24.5 Å². The highest BCUT2D eigenvalue weighted by Gasteiger charge is 1.93. The van der Waals surface area contributed by atoms with Gasteiger partial charge >= 0.3 is 0 Å². The van der Waals surface area contributed by atoms with Crippen molar-refractivity contribution >= 4 is 5.82 Å². The van der Waals surface area contributed by atoms with Crippen LogP contribution < -0.4 is 10.1 Å². The second-order valence-corrected chi connectivity index (χ2v) is 2.59. The van der Waals surface area contributed by atoms with Gasteiger partial charge in [-0.25, -0.2) is 4.98 Å². The molecule has 13 heavy (non-hydrogen) atoms. The van der Waals surface area contributed by atoms with Crippen molar-refractivity contribution < 1.29 is 9.84 Å². The molecule has 0 aromatic carbocycles. The summed E-state index contributed by atoms with van der Waals surface area (Å²) in [5.74, 6) is 1.54. The molecule has 4 nitrogen and oxygen atoms in total. The first-order valence-corrected chi connectivity index (χ1v) is 4.21. The third kappa shape index (κ3) is 3.29. The van der Waals surface area contributed by atoms with Crippen molar-refractivity contribution in [2.45, 2.75) is 6.42 Å². The van der Waals surface area contributed by atoms with Crippen LogP contribution in [-0.2, 0) is 0 Å². The Morgan fingerprint density at radius 3 is 2.92 bits per heavy atom. The lowest BCUT2D eigenvalue weighted by atomic mass is 10.4. The van der Waals surface area contributed by atoms with E-state index in [2.05, 4.69) is 10.3 Å². The summed E-state index contributed by atoms with van der Waals surface area (Å²) in [6, 6.07) is 3.69. The summed E-state index contributed by atoms with van der Waals surface area (Å²) in [4.78, 5) is 4.10. The molecule has 0 saturated heterocycles. The van der Waals surface area contributed by atoms with Gasteiger partial charge in [-0.15, -0.1) is 0 Å². The van der Waals surface area contributed by atoms with Crippen LogP contribution in [0.5, 0.6) is 5.75 Å². The molecular formula is C9H14N2O2. The number of nitrogens with one attached hydrogen (secondary N) is 1. The van der Waals surface area contributed by atoms with Gasteiger partial charge in [-0.3, -0.25) is 0 Å². The second-order valence-electron chi connectivity index (χ2n) is 2.59. The molecule has 0 atom stereocenters. The maximum absolute atomic E-state index is 8.55. The molecule has 0 saturated carbocycles. The van der Waals surface area contributed by atoms with E-state index in [0.29, 0.717) is 0 Å². The molecule has 0 unspecified atom stereocenters. The van der Waals surface area contributed by atoms with Gasteiger partial charge in [0.05, 0.1) is 13.3 Å². The lowest BCUT2D eigenvalue weighted by molar-refractivity contribution is 0.292. The summed E-state index contributed by atoms with van der Waals surface area (Å²) in [6.45, 7) is 0.930. The zero-order valence-electron chi connectivity index (χ0n) is 7.66. The minimum absolute atomic E-state index is 0.198. The number of aromatic nitrogens is 1. The van der Waals surface area contributed by atoms with E-state index in [-0.39, 0.29) is 6.61 Å². The summed E-state index contributed by atoms with van der Waals surface area (Å²) < 4.78 is 4.96. The molecule has 0 aliphatic rings. The SMILES string of the molecule is COc1ccc(NCCCO)nc1. The Morgan fingerprint density at radius 1 is 1.54 bits per heavy atom. The number of anilines is 1. The molecule has 72 valence electrons. The first-order valence-electron chi connectivity index (χ1n) is 4.21. The Bertz CT molecular complexity index is 236. The third-order valence-corrected chi connectivity index (χ3v) is 1.61. The largest absolute Gasteiger partial charge is 0.495 e. The van der Waals surface area contributed by atoms with Crippen LogP contribution in [0.15, 0.2) is 18.3 Å². The van der Waals surface area contributed by atoms with Crippen molar-refractivity contribution in [2.24, 2.45) is 0 Å². The monoisotopic (exact) mass is 182 g/mol. The summed E-state index contributed by atoms with van der Waals surface area (Å²) in [5, 5.41) is 11.6. The van der Waals surface area contributed by atoms with Crippen LogP contribution in [0.3, 0.4) is 0 Å². The van der Waals surface area contributed by atoms with E-state index in [1.54, 1.807) is 13.3 Å². The molecule has 1 rings (SSSR count). The molecule has 0 bridgehead atoms. The first-order chi connectivity index (χ1) is 6.36. The average Bonchev–Trinajstić information content (AvgIpc) is 2.19. The summed E-state index contributed by atoms with van der Waals surface area (Å²) in [6.07, 6.45) is 2.38. The van der Waals surface area contributed by atoms with Gasteiger partial charge < -0.3 is 15.2 Å². The van der Waals surface area contributed by atoms with E-state index in [9.17, 15) is 0 Å². The van der Waals surface area contributed by atoms with Gasteiger partial charge in [-0.1, -0.05) is 0 Å². The van der Waals surface area contributed by atoms with Gasteiger partial charge in [0, 0.05) is 13.2 Å². The first kappa shape index (κ1) is 9.80.